The number of anilines is 1. The van der Waals surface area contributed by atoms with Crippen LogP contribution in [-0.2, 0) is 9.53 Å². The molecule has 0 heterocycles. The summed E-state index contributed by atoms with van der Waals surface area (Å²) in [5, 5.41) is 3.79. The molecule has 0 aliphatic rings. The van der Waals surface area contributed by atoms with E-state index in [9.17, 15) is 4.79 Å². The first-order valence-corrected chi connectivity index (χ1v) is 7.54. The molecule has 0 spiro atoms. The third kappa shape index (κ3) is 3.99. The Morgan fingerprint density at radius 1 is 1.24 bits per heavy atom. The SMILES string of the molecule is COC(=O)C(Nc1ccc(Br)cc1)c1ccc(C)c(Cl)c1. The second kappa shape index (κ2) is 6.96. The molecule has 0 aromatic heterocycles. The molecule has 3 nitrogen and oxygen atoms in total. The van der Waals surface area contributed by atoms with Gasteiger partial charge in [0.2, 0.25) is 0 Å². The number of esters is 1. The van der Waals surface area contributed by atoms with Gasteiger partial charge in [-0.25, -0.2) is 4.79 Å². The lowest BCUT2D eigenvalue weighted by Crippen LogP contribution is -2.22. The van der Waals surface area contributed by atoms with Crippen LogP contribution in [0.2, 0.25) is 5.02 Å². The van der Waals surface area contributed by atoms with Crippen molar-refractivity contribution in [1.82, 2.24) is 0 Å². The highest BCUT2D eigenvalue weighted by atomic mass is 79.9. The standard InChI is InChI=1S/C16H15BrClNO2/c1-10-3-4-11(9-14(10)18)15(16(20)21-2)19-13-7-5-12(17)6-8-13/h3-9,15,19H,1-2H3. The van der Waals surface area contributed by atoms with Crippen molar-refractivity contribution < 1.29 is 9.53 Å². The fourth-order valence-electron chi connectivity index (χ4n) is 1.90. The third-order valence-electron chi connectivity index (χ3n) is 3.12. The Balaban J connectivity index is 2.31. The normalized spacial score (nSPS) is 11.8. The van der Waals surface area contributed by atoms with E-state index in [1.165, 1.54) is 7.11 Å². The molecule has 0 radical (unpaired) electrons. The van der Waals surface area contributed by atoms with Crippen LogP contribution in [0.15, 0.2) is 46.9 Å². The fraction of sp³-hybridized carbons (Fsp3) is 0.188. The number of hydrogen-bond acceptors (Lipinski definition) is 3. The maximum Gasteiger partial charge on any atom is 0.332 e. The number of methoxy groups -OCH3 is 1. The van der Waals surface area contributed by atoms with E-state index < -0.39 is 6.04 Å². The molecule has 0 fully saturated rings. The molecular formula is C16H15BrClNO2. The second-order valence-electron chi connectivity index (χ2n) is 4.62. The van der Waals surface area contributed by atoms with Crippen LogP contribution in [0.1, 0.15) is 17.2 Å². The first-order valence-electron chi connectivity index (χ1n) is 6.37. The number of hydrogen-bond donors (Lipinski definition) is 1. The van der Waals surface area contributed by atoms with Crippen LogP contribution in [0.3, 0.4) is 0 Å². The molecule has 0 saturated heterocycles. The molecule has 1 atom stereocenters. The molecule has 2 rings (SSSR count). The van der Waals surface area contributed by atoms with Gasteiger partial charge < -0.3 is 10.1 Å². The Labute approximate surface area is 137 Å². The summed E-state index contributed by atoms with van der Waals surface area (Å²) in [6.07, 6.45) is 0. The molecule has 5 heteroatoms. The quantitative estimate of drug-likeness (QED) is 0.792. The third-order valence-corrected chi connectivity index (χ3v) is 4.06. The van der Waals surface area contributed by atoms with Gasteiger partial charge in [0.25, 0.3) is 0 Å². The number of carbonyl (C=O) groups is 1. The average molecular weight is 369 g/mol. The predicted octanol–water partition coefficient (Wildman–Crippen LogP) is 4.74. The van der Waals surface area contributed by atoms with Gasteiger partial charge in [0.15, 0.2) is 6.04 Å². The maximum atomic E-state index is 12.0. The molecule has 21 heavy (non-hydrogen) atoms. The number of nitrogens with one attached hydrogen (secondary N) is 1. The largest absolute Gasteiger partial charge is 0.467 e. The van der Waals surface area contributed by atoms with Crippen molar-refractivity contribution in [3.8, 4) is 0 Å². The summed E-state index contributed by atoms with van der Waals surface area (Å²) < 4.78 is 5.85. The number of benzene rings is 2. The van der Waals surface area contributed by atoms with Crippen molar-refractivity contribution in [1.29, 1.82) is 0 Å². The van der Waals surface area contributed by atoms with Gasteiger partial charge in [0.1, 0.15) is 0 Å². The van der Waals surface area contributed by atoms with Gasteiger partial charge in [0.05, 0.1) is 7.11 Å². The molecule has 110 valence electrons. The molecule has 0 bridgehead atoms. The molecule has 0 aliphatic carbocycles. The molecular weight excluding hydrogens is 354 g/mol. The highest BCUT2D eigenvalue weighted by Crippen LogP contribution is 2.26. The van der Waals surface area contributed by atoms with Crippen LogP contribution >= 0.6 is 27.5 Å². The minimum Gasteiger partial charge on any atom is -0.467 e. The van der Waals surface area contributed by atoms with Crippen molar-refractivity contribution >= 4 is 39.2 Å². The summed E-state index contributed by atoms with van der Waals surface area (Å²) in [7, 11) is 1.37. The highest BCUT2D eigenvalue weighted by molar-refractivity contribution is 9.10. The van der Waals surface area contributed by atoms with Crippen LogP contribution in [-0.4, -0.2) is 13.1 Å². The van der Waals surface area contributed by atoms with E-state index in [0.29, 0.717) is 5.02 Å². The Morgan fingerprint density at radius 3 is 2.48 bits per heavy atom. The zero-order valence-electron chi connectivity index (χ0n) is 11.7. The molecule has 0 aliphatic heterocycles. The number of rotatable bonds is 4. The zero-order valence-corrected chi connectivity index (χ0v) is 14.0. The summed E-state index contributed by atoms with van der Waals surface area (Å²) in [4.78, 5) is 12.0. The second-order valence-corrected chi connectivity index (χ2v) is 5.94. The Bertz CT molecular complexity index is 643. The van der Waals surface area contributed by atoms with E-state index in [1.54, 1.807) is 6.07 Å². The monoisotopic (exact) mass is 367 g/mol. The molecule has 0 saturated carbocycles. The summed E-state index contributed by atoms with van der Waals surface area (Å²) >= 11 is 9.52. The first-order chi connectivity index (χ1) is 10.0. The van der Waals surface area contributed by atoms with Crippen LogP contribution in [0.25, 0.3) is 0 Å². The lowest BCUT2D eigenvalue weighted by Gasteiger charge is -2.18. The van der Waals surface area contributed by atoms with Crippen LogP contribution in [0.5, 0.6) is 0 Å². The topological polar surface area (TPSA) is 38.3 Å². The lowest BCUT2D eigenvalue weighted by atomic mass is 10.0. The summed E-state index contributed by atoms with van der Waals surface area (Å²) in [5.41, 5.74) is 2.55. The summed E-state index contributed by atoms with van der Waals surface area (Å²) in [6, 6.07) is 12.5. The molecule has 1 N–H and O–H groups in total. The lowest BCUT2D eigenvalue weighted by molar-refractivity contribution is -0.141. The number of aryl methyl sites for hydroxylation is 1. The van der Waals surface area contributed by atoms with Gasteiger partial charge in [-0.15, -0.1) is 0 Å². The summed E-state index contributed by atoms with van der Waals surface area (Å²) in [5.74, 6) is -0.363. The molecule has 2 aromatic rings. The van der Waals surface area contributed by atoms with Gasteiger partial charge >= 0.3 is 5.97 Å². The Morgan fingerprint density at radius 2 is 1.90 bits per heavy atom. The number of ether oxygens (including phenoxy) is 1. The van der Waals surface area contributed by atoms with Crippen LogP contribution in [0.4, 0.5) is 5.69 Å². The first kappa shape index (κ1) is 15.9. The fourth-order valence-corrected chi connectivity index (χ4v) is 2.35. The minimum absolute atomic E-state index is 0.363. The molecule has 2 aromatic carbocycles. The van der Waals surface area contributed by atoms with Crippen molar-refractivity contribution in [2.45, 2.75) is 13.0 Å². The molecule has 1 unspecified atom stereocenters. The number of halogens is 2. The van der Waals surface area contributed by atoms with E-state index in [4.69, 9.17) is 16.3 Å². The molecule has 0 amide bonds. The van der Waals surface area contributed by atoms with Gasteiger partial charge in [-0.05, 0) is 48.4 Å². The zero-order chi connectivity index (χ0) is 15.4. The van der Waals surface area contributed by atoms with Gasteiger partial charge in [-0.3, -0.25) is 0 Å². The van der Waals surface area contributed by atoms with Gasteiger partial charge in [0, 0.05) is 15.2 Å². The summed E-state index contributed by atoms with van der Waals surface area (Å²) in [6.45, 7) is 1.92. The smallest absolute Gasteiger partial charge is 0.332 e. The highest BCUT2D eigenvalue weighted by Gasteiger charge is 2.21. The number of carbonyl (C=O) groups excluding carboxylic acids is 1. The maximum absolute atomic E-state index is 12.0. The van der Waals surface area contributed by atoms with Crippen molar-refractivity contribution in [2.24, 2.45) is 0 Å². The minimum atomic E-state index is -0.603. The van der Waals surface area contributed by atoms with E-state index in [1.807, 2.05) is 43.3 Å². The van der Waals surface area contributed by atoms with E-state index in [2.05, 4.69) is 21.2 Å². The average Bonchev–Trinajstić information content (AvgIpc) is 2.49. The van der Waals surface area contributed by atoms with Crippen LogP contribution < -0.4 is 5.32 Å². The predicted molar refractivity (Wildman–Crippen MR) is 88.7 cm³/mol. The van der Waals surface area contributed by atoms with Crippen molar-refractivity contribution in [2.75, 3.05) is 12.4 Å². The van der Waals surface area contributed by atoms with Crippen LogP contribution in [0, 0.1) is 6.92 Å². The van der Waals surface area contributed by atoms with Crippen molar-refractivity contribution in [3.63, 3.8) is 0 Å². The van der Waals surface area contributed by atoms with Crippen molar-refractivity contribution in [3.05, 3.63) is 63.1 Å². The Kier molecular flexibility index (Phi) is 5.26. The van der Waals surface area contributed by atoms with Gasteiger partial charge in [-0.1, -0.05) is 39.7 Å². The van der Waals surface area contributed by atoms with E-state index in [0.717, 1.165) is 21.3 Å². The van der Waals surface area contributed by atoms with E-state index in [-0.39, 0.29) is 5.97 Å². The Hall–Kier alpha value is -1.52. The van der Waals surface area contributed by atoms with Gasteiger partial charge in [-0.2, -0.15) is 0 Å². The van der Waals surface area contributed by atoms with E-state index >= 15 is 0 Å².